The highest BCUT2D eigenvalue weighted by Crippen LogP contribution is 2.32. The SMILES string of the molecule is CCCCn1ccc(C)c(NC(=O)Nc2c(C(C)C)cccc2C(C)C)c1=O. The molecule has 5 nitrogen and oxygen atoms in total. The lowest BCUT2D eigenvalue weighted by Gasteiger charge is -2.20. The predicted molar refractivity (Wildman–Crippen MR) is 118 cm³/mol. The summed E-state index contributed by atoms with van der Waals surface area (Å²) in [5, 5.41) is 5.80. The number of hydrogen-bond donors (Lipinski definition) is 2. The van der Waals surface area contributed by atoms with Crippen molar-refractivity contribution in [1.29, 1.82) is 0 Å². The summed E-state index contributed by atoms with van der Waals surface area (Å²) in [7, 11) is 0. The second-order valence-electron chi connectivity index (χ2n) is 7.93. The Labute approximate surface area is 168 Å². The Morgan fingerprint density at radius 2 is 1.57 bits per heavy atom. The minimum absolute atomic E-state index is 0.162. The number of unbranched alkanes of at least 4 members (excludes halogenated alkanes) is 1. The fourth-order valence-electron chi connectivity index (χ4n) is 3.28. The van der Waals surface area contributed by atoms with Crippen molar-refractivity contribution >= 4 is 17.4 Å². The van der Waals surface area contributed by atoms with E-state index in [2.05, 4.69) is 45.3 Å². The molecule has 0 aliphatic carbocycles. The standard InChI is InChI=1S/C23H33N3O2/c1-7-8-13-26-14-12-17(6)20(22(26)27)24-23(28)25-21-18(15(2)3)10-9-11-19(21)16(4)5/h9-12,14-16H,7-8,13H2,1-6H3,(H2,24,25,28). The lowest BCUT2D eigenvalue weighted by atomic mass is 9.93. The van der Waals surface area contributed by atoms with Gasteiger partial charge in [-0.05, 0) is 47.9 Å². The van der Waals surface area contributed by atoms with Crippen LogP contribution in [0.25, 0.3) is 0 Å². The fraction of sp³-hybridized carbons (Fsp3) is 0.478. The monoisotopic (exact) mass is 383 g/mol. The Hall–Kier alpha value is -2.56. The van der Waals surface area contributed by atoms with Crippen LogP contribution in [0.15, 0.2) is 35.3 Å². The highest BCUT2D eigenvalue weighted by atomic mass is 16.2. The third kappa shape index (κ3) is 5.03. The Morgan fingerprint density at radius 3 is 2.11 bits per heavy atom. The summed E-state index contributed by atoms with van der Waals surface area (Å²) in [4.78, 5) is 25.5. The summed E-state index contributed by atoms with van der Waals surface area (Å²) in [5.74, 6) is 0.553. The van der Waals surface area contributed by atoms with Gasteiger partial charge in [0.05, 0.1) is 0 Å². The molecule has 2 aromatic rings. The third-order valence-corrected chi connectivity index (χ3v) is 4.98. The van der Waals surface area contributed by atoms with Crippen molar-refractivity contribution in [1.82, 2.24) is 4.57 Å². The molecule has 0 aliphatic heterocycles. The molecular formula is C23H33N3O2. The minimum Gasteiger partial charge on any atom is -0.314 e. The van der Waals surface area contributed by atoms with Crippen molar-refractivity contribution < 1.29 is 4.79 Å². The lowest BCUT2D eigenvalue weighted by Crippen LogP contribution is -2.29. The number of rotatable bonds is 7. The number of benzene rings is 1. The molecule has 0 spiro atoms. The van der Waals surface area contributed by atoms with Gasteiger partial charge in [0, 0.05) is 18.4 Å². The number of urea groups is 1. The second-order valence-corrected chi connectivity index (χ2v) is 7.93. The van der Waals surface area contributed by atoms with E-state index in [0.29, 0.717) is 12.2 Å². The summed E-state index contributed by atoms with van der Waals surface area (Å²) < 4.78 is 1.66. The van der Waals surface area contributed by atoms with Crippen LogP contribution in [0.3, 0.4) is 0 Å². The average Bonchev–Trinajstić information content (AvgIpc) is 2.64. The first-order valence-corrected chi connectivity index (χ1v) is 10.2. The molecule has 1 aromatic carbocycles. The summed E-state index contributed by atoms with van der Waals surface area (Å²) in [6, 6.07) is 7.59. The van der Waals surface area contributed by atoms with Gasteiger partial charge in [-0.1, -0.05) is 59.2 Å². The van der Waals surface area contributed by atoms with Crippen molar-refractivity contribution in [3.8, 4) is 0 Å². The van der Waals surface area contributed by atoms with Gasteiger partial charge in [-0.3, -0.25) is 4.79 Å². The highest BCUT2D eigenvalue weighted by Gasteiger charge is 2.17. The molecule has 0 radical (unpaired) electrons. The zero-order valence-electron chi connectivity index (χ0n) is 17.9. The molecule has 1 aromatic heterocycles. The number of aryl methyl sites for hydroxylation is 2. The first-order valence-electron chi connectivity index (χ1n) is 10.2. The number of amides is 2. The van der Waals surface area contributed by atoms with Crippen LogP contribution in [0, 0.1) is 6.92 Å². The predicted octanol–water partition coefficient (Wildman–Crippen LogP) is 5.85. The van der Waals surface area contributed by atoms with Crippen LogP contribution in [-0.2, 0) is 6.54 Å². The molecule has 0 aliphatic rings. The van der Waals surface area contributed by atoms with Crippen molar-refractivity contribution in [3.63, 3.8) is 0 Å². The number of carbonyl (C=O) groups is 1. The van der Waals surface area contributed by atoms with Gasteiger partial charge in [0.25, 0.3) is 5.56 Å². The van der Waals surface area contributed by atoms with Crippen molar-refractivity contribution in [2.45, 2.75) is 72.8 Å². The molecule has 0 bridgehead atoms. The molecule has 0 fully saturated rings. The van der Waals surface area contributed by atoms with Crippen LogP contribution in [0.4, 0.5) is 16.2 Å². The quantitative estimate of drug-likeness (QED) is 0.630. The molecule has 0 saturated carbocycles. The van der Waals surface area contributed by atoms with Gasteiger partial charge in [-0.2, -0.15) is 0 Å². The molecule has 28 heavy (non-hydrogen) atoms. The first kappa shape index (κ1) is 21.7. The topological polar surface area (TPSA) is 63.1 Å². The molecule has 152 valence electrons. The number of pyridine rings is 1. The largest absolute Gasteiger partial charge is 0.323 e. The van der Waals surface area contributed by atoms with Gasteiger partial charge in [0.2, 0.25) is 0 Å². The summed E-state index contributed by atoms with van der Waals surface area (Å²) in [6.07, 6.45) is 3.73. The number of hydrogen-bond acceptors (Lipinski definition) is 2. The molecule has 0 unspecified atom stereocenters. The van der Waals surface area contributed by atoms with E-state index in [9.17, 15) is 9.59 Å². The number of anilines is 2. The normalized spacial score (nSPS) is 11.1. The van der Waals surface area contributed by atoms with E-state index in [-0.39, 0.29) is 23.4 Å². The summed E-state index contributed by atoms with van der Waals surface area (Å²) >= 11 is 0. The molecule has 2 rings (SSSR count). The highest BCUT2D eigenvalue weighted by molar-refractivity contribution is 6.01. The fourth-order valence-corrected chi connectivity index (χ4v) is 3.28. The molecule has 5 heteroatoms. The van der Waals surface area contributed by atoms with Crippen LogP contribution < -0.4 is 16.2 Å². The molecule has 2 amide bonds. The Bertz CT molecular complexity index is 856. The Balaban J connectivity index is 2.32. The molecule has 1 heterocycles. The maximum absolute atomic E-state index is 12.8. The van der Waals surface area contributed by atoms with Crippen LogP contribution in [0.2, 0.25) is 0 Å². The van der Waals surface area contributed by atoms with Crippen molar-refractivity contribution in [2.75, 3.05) is 10.6 Å². The maximum atomic E-state index is 12.8. The van der Waals surface area contributed by atoms with E-state index in [0.717, 1.165) is 35.2 Å². The zero-order valence-corrected chi connectivity index (χ0v) is 17.9. The number of carbonyl (C=O) groups excluding carboxylic acids is 1. The van der Waals surface area contributed by atoms with Crippen LogP contribution in [0.1, 0.15) is 76.0 Å². The van der Waals surface area contributed by atoms with Crippen molar-refractivity contribution in [2.24, 2.45) is 0 Å². The van der Waals surface area contributed by atoms with Gasteiger partial charge < -0.3 is 15.2 Å². The summed E-state index contributed by atoms with van der Waals surface area (Å²) in [6.45, 7) is 13.0. The second kappa shape index (κ2) is 9.58. The first-order chi connectivity index (χ1) is 13.3. The lowest BCUT2D eigenvalue weighted by molar-refractivity contribution is 0.262. The molecule has 2 N–H and O–H groups in total. The van der Waals surface area contributed by atoms with Crippen LogP contribution in [0.5, 0.6) is 0 Å². The van der Waals surface area contributed by atoms with E-state index in [4.69, 9.17) is 0 Å². The van der Waals surface area contributed by atoms with E-state index in [1.54, 1.807) is 10.8 Å². The minimum atomic E-state index is -0.386. The zero-order chi connectivity index (χ0) is 20.8. The van der Waals surface area contributed by atoms with E-state index in [1.165, 1.54) is 0 Å². The molecular weight excluding hydrogens is 350 g/mol. The van der Waals surface area contributed by atoms with Gasteiger partial charge in [-0.25, -0.2) is 4.79 Å². The van der Waals surface area contributed by atoms with E-state index < -0.39 is 0 Å². The van der Waals surface area contributed by atoms with Crippen LogP contribution >= 0.6 is 0 Å². The number of para-hydroxylation sites is 1. The van der Waals surface area contributed by atoms with Gasteiger partial charge in [-0.15, -0.1) is 0 Å². The Kier molecular flexibility index (Phi) is 7.44. The van der Waals surface area contributed by atoms with Crippen molar-refractivity contribution in [3.05, 3.63) is 57.5 Å². The molecule has 0 saturated heterocycles. The smallest absolute Gasteiger partial charge is 0.314 e. The number of nitrogens with zero attached hydrogens (tertiary/aromatic N) is 1. The number of nitrogens with one attached hydrogen (secondary N) is 2. The van der Waals surface area contributed by atoms with E-state index >= 15 is 0 Å². The van der Waals surface area contributed by atoms with Gasteiger partial charge in [0.15, 0.2) is 0 Å². The average molecular weight is 384 g/mol. The third-order valence-electron chi connectivity index (χ3n) is 4.98. The Morgan fingerprint density at radius 1 is 1.00 bits per heavy atom. The maximum Gasteiger partial charge on any atom is 0.323 e. The molecule has 0 atom stereocenters. The summed E-state index contributed by atoms with van der Waals surface area (Å²) in [5.41, 5.74) is 3.95. The van der Waals surface area contributed by atoms with Gasteiger partial charge >= 0.3 is 6.03 Å². The van der Waals surface area contributed by atoms with E-state index in [1.807, 2.05) is 31.2 Å². The van der Waals surface area contributed by atoms with Gasteiger partial charge in [0.1, 0.15) is 5.69 Å². The number of aromatic nitrogens is 1. The van der Waals surface area contributed by atoms with Crippen LogP contribution in [-0.4, -0.2) is 10.6 Å².